The zero-order chi connectivity index (χ0) is 29.8. The van der Waals surface area contributed by atoms with E-state index in [1.165, 1.54) is 5.01 Å². The van der Waals surface area contributed by atoms with E-state index in [4.69, 9.17) is 37.8 Å². The molecule has 3 aromatic rings. The van der Waals surface area contributed by atoms with Gasteiger partial charge in [-0.1, -0.05) is 52.7 Å². The number of halogens is 2. The number of hydrazone groups is 1. The second kappa shape index (κ2) is 12.9. The Kier molecular flexibility index (Phi) is 9.03. The van der Waals surface area contributed by atoms with Gasteiger partial charge in [0.05, 0.1) is 25.0 Å². The number of aromatic nitrogens is 3. The van der Waals surface area contributed by atoms with Crippen molar-refractivity contribution >= 4 is 52.8 Å². The summed E-state index contributed by atoms with van der Waals surface area (Å²) in [4.78, 5) is 39.2. The predicted molar refractivity (Wildman–Crippen MR) is 157 cm³/mol. The van der Waals surface area contributed by atoms with Gasteiger partial charge in [-0.3, -0.25) is 4.79 Å². The molecule has 0 N–H and O–H groups in total. The molecule has 0 saturated heterocycles. The molecule has 2 heterocycles. The molecule has 218 valence electrons. The summed E-state index contributed by atoms with van der Waals surface area (Å²) in [5.74, 6) is -2.16. The lowest BCUT2D eigenvalue weighted by Crippen LogP contribution is -2.34. The second-order valence-corrected chi connectivity index (χ2v) is 10.7. The Morgan fingerprint density at radius 1 is 0.952 bits per heavy atom. The minimum absolute atomic E-state index is 0.0576. The Morgan fingerprint density at radius 3 is 2.26 bits per heavy atom. The molecular formula is C30H29Cl2N5O5. The van der Waals surface area contributed by atoms with E-state index >= 15 is 0 Å². The topological polar surface area (TPSA) is 116 Å². The van der Waals surface area contributed by atoms with E-state index in [1.54, 1.807) is 26.0 Å². The van der Waals surface area contributed by atoms with Crippen LogP contribution in [0.4, 0.5) is 0 Å². The van der Waals surface area contributed by atoms with Gasteiger partial charge in [-0.05, 0) is 80.2 Å². The van der Waals surface area contributed by atoms with Crippen molar-refractivity contribution in [3.8, 4) is 0 Å². The average Bonchev–Trinajstić information content (AvgIpc) is 3.58. The van der Waals surface area contributed by atoms with Gasteiger partial charge in [0.25, 0.3) is 5.91 Å². The van der Waals surface area contributed by atoms with Gasteiger partial charge in [-0.25, -0.2) is 19.3 Å². The minimum Gasteiger partial charge on any atom is -0.461 e. The summed E-state index contributed by atoms with van der Waals surface area (Å²) in [6.45, 7) is 3.01. The van der Waals surface area contributed by atoms with Crippen LogP contribution in [-0.2, 0) is 20.8 Å². The molecule has 1 aliphatic heterocycles. The smallest absolute Gasteiger partial charge is 0.361 e. The Hall–Kier alpha value is -4.02. The fraction of sp³-hybridized carbons (Fsp3) is 0.333. The van der Waals surface area contributed by atoms with Crippen LogP contribution in [0, 0.1) is 5.92 Å². The lowest BCUT2D eigenvalue weighted by molar-refractivity contribution is -0.134. The number of rotatable bonds is 8. The number of allylic oxidation sites excluding steroid dienone is 1. The molecule has 5 rings (SSSR count). The first-order valence-electron chi connectivity index (χ1n) is 13.7. The number of benzene rings is 2. The normalized spacial score (nSPS) is 18.9. The van der Waals surface area contributed by atoms with Crippen LogP contribution < -0.4 is 0 Å². The molecule has 1 saturated carbocycles. The highest BCUT2D eigenvalue weighted by atomic mass is 35.5. The second-order valence-electron chi connectivity index (χ2n) is 9.83. The standard InChI is InChI=1S/C30H29Cl2N5O5/c1-3-41-29(39)26-28(30(40)42-4-2)36(35-33-26)17-24(38)37-27(19-10-14-22(32)15-11-19)23-7-5-6-20(25(23)34-37)16-18-8-12-21(31)13-9-18/h8-16,23,27H,3-7,17H2,1-2H3/b20-16+/t23-,27+/m0/s1. The van der Waals surface area contributed by atoms with Crippen LogP contribution in [0.3, 0.4) is 0 Å². The number of hydrogen-bond acceptors (Lipinski definition) is 8. The summed E-state index contributed by atoms with van der Waals surface area (Å²) in [5, 5.41) is 15.3. The molecule has 1 aliphatic carbocycles. The number of carbonyl (C=O) groups excluding carboxylic acids is 3. The van der Waals surface area contributed by atoms with Gasteiger partial charge in [0.15, 0.2) is 5.69 Å². The first kappa shape index (κ1) is 29.5. The molecule has 12 heteroatoms. The van der Waals surface area contributed by atoms with Gasteiger partial charge < -0.3 is 9.47 Å². The number of carbonyl (C=O) groups is 3. The van der Waals surface area contributed by atoms with Crippen LogP contribution >= 0.6 is 23.2 Å². The average molecular weight is 610 g/mol. The highest BCUT2D eigenvalue weighted by Crippen LogP contribution is 2.44. The van der Waals surface area contributed by atoms with Gasteiger partial charge in [0, 0.05) is 16.0 Å². The van der Waals surface area contributed by atoms with Crippen LogP contribution in [0.25, 0.3) is 6.08 Å². The SMILES string of the molecule is CCOC(=O)c1nnn(CC(=O)N2N=C3/C(=C/c4ccc(Cl)cc4)CCC[C@@H]3[C@H]2c2ccc(Cl)cc2)c1C(=O)OCC. The van der Waals surface area contributed by atoms with E-state index in [2.05, 4.69) is 16.4 Å². The lowest BCUT2D eigenvalue weighted by atomic mass is 9.77. The first-order chi connectivity index (χ1) is 20.3. The van der Waals surface area contributed by atoms with Crippen molar-refractivity contribution < 1.29 is 23.9 Å². The van der Waals surface area contributed by atoms with Crippen LogP contribution in [0.15, 0.2) is 59.2 Å². The van der Waals surface area contributed by atoms with Crippen molar-refractivity contribution in [2.75, 3.05) is 13.2 Å². The van der Waals surface area contributed by atoms with Crippen molar-refractivity contribution in [2.45, 2.75) is 45.7 Å². The highest BCUT2D eigenvalue weighted by molar-refractivity contribution is 6.30. The molecule has 10 nitrogen and oxygen atoms in total. The Bertz CT molecular complexity index is 1550. The van der Waals surface area contributed by atoms with Crippen LogP contribution in [0.2, 0.25) is 10.0 Å². The summed E-state index contributed by atoms with van der Waals surface area (Å²) < 4.78 is 11.2. The summed E-state index contributed by atoms with van der Waals surface area (Å²) in [6, 6.07) is 14.5. The maximum absolute atomic E-state index is 14.0. The summed E-state index contributed by atoms with van der Waals surface area (Å²) in [5.41, 5.74) is 3.17. The van der Waals surface area contributed by atoms with Crippen LogP contribution in [0.5, 0.6) is 0 Å². The molecule has 0 unspecified atom stereocenters. The lowest BCUT2D eigenvalue weighted by Gasteiger charge is -2.29. The molecule has 0 spiro atoms. The van der Waals surface area contributed by atoms with Gasteiger partial charge in [-0.15, -0.1) is 5.10 Å². The summed E-state index contributed by atoms with van der Waals surface area (Å²) in [7, 11) is 0. The molecule has 2 aromatic carbocycles. The third-order valence-corrected chi connectivity index (χ3v) is 7.64. The fourth-order valence-electron chi connectivity index (χ4n) is 5.32. The number of fused-ring (bicyclic) bond motifs is 1. The van der Waals surface area contributed by atoms with E-state index in [-0.39, 0.29) is 30.5 Å². The first-order valence-corrected chi connectivity index (χ1v) is 14.5. The summed E-state index contributed by atoms with van der Waals surface area (Å²) >= 11 is 12.3. The van der Waals surface area contributed by atoms with E-state index < -0.39 is 30.4 Å². The van der Waals surface area contributed by atoms with E-state index in [1.807, 2.05) is 36.4 Å². The monoisotopic (exact) mass is 609 g/mol. The molecule has 0 bridgehead atoms. The zero-order valence-corrected chi connectivity index (χ0v) is 24.6. The zero-order valence-electron chi connectivity index (χ0n) is 23.1. The van der Waals surface area contributed by atoms with Gasteiger partial charge in [0.2, 0.25) is 5.69 Å². The molecule has 1 fully saturated rings. The van der Waals surface area contributed by atoms with Gasteiger partial charge in [0.1, 0.15) is 6.54 Å². The van der Waals surface area contributed by atoms with Crippen LogP contribution in [0.1, 0.15) is 71.3 Å². The molecule has 1 aromatic heterocycles. The molecule has 1 amide bonds. The fourth-order valence-corrected chi connectivity index (χ4v) is 5.58. The van der Waals surface area contributed by atoms with Crippen molar-refractivity contribution in [3.63, 3.8) is 0 Å². The third-order valence-electron chi connectivity index (χ3n) is 7.14. The Labute approximate surface area is 252 Å². The molecule has 2 atom stereocenters. The number of amides is 1. The quantitative estimate of drug-likeness (QED) is 0.298. The van der Waals surface area contributed by atoms with E-state index in [9.17, 15) is 14.4 Å². The molecule has 2 aliphatic rings. The predicted octanol–water partition coefficient (Wildman–Crippen LogP) is 5.76. The maximum Gasteiger partial charge on any atom is 0.361 e. The van der Waals surface area contributed by atoms with Crippen molar-refractivity contribution in [3.05, 3.63) is 86.7 Å². The van der Waals surface area contributed by atoms with Crippen molar-refractivity contribution in [1.82, 2.24) is 20.0 Å². The van der Waals surface area contributed by atoms with Crippen LogP contribution in [-0.4, -0.2) is 56.8 Å². The molecular weight excluding hydrogens is 581 g/mol. The largest absolute Gasteiger partial charge is 0.461 e. The minimum atomic E-state index is -0.831. The third kappa shape index (κ3) is 6.10. The number of nitrogens with zero attached hydrogens (tertiary/aromatic N) is 5. The number of hydrogen-bond donors (Lipinski definition) is 0. The van der Waals surface area contributed by atoms with Crippen molar-refractivity contribution in [1.29, 1.82) is 0 Å². The van der Waals surface area contributed by atoms with Crippen molar-refractivity contribution in [2.24, 2.45) is 11.0 Å². The van der Waals surface area contributed by atoms with Gasteiger partial charge in [-0.2, -0.15) is 5.10 Å². The Balaban J connectivity index is 1.52. The number of ether oxygens (including phenoxy) is 2. The molecule has 42 heavy (non-hydrogen) atoms. The summed E-state index contributed by atoms with van der Waals surface area (Å²) in [6.07, 6.45) is 4.65. The van der Waals surface area contributed by atoms with E-state index in [0.717, 1.165) is 46.4 Å². The van der Waals surface area contributed by atoms with Gasteiger partial charge >= 0.3 is 11.9 Å². The van der Waals surface area contributed by atoms with E-state index in [0.29, 0.717) is 10.0 Å². The highest BCUT2D eigenvalue weighted by Gasteiger charge is 2.44. The number of esters is 2. The Morgan fingerprint density at radius 2 is 1.60 bits per heavy atom. The maximum atomic E-state index is 14.0. The molecule has 0 radical (unpaired) electrons.